The van der Waals surface area contributed by atoms with Crippen LogP contribution in [0.4, 0.5) is 5.69 Å². The lowest BCUT2D eigenvalue weighted by Gasteiger charge is -2.35. The molecule has 0 spiro atoms. The van der Waals surface area contributed by atoms with Gasteiger partial charge in [-0.3, -0.25) is 0 Å². The summed E-state index contributed by atoms with van der Waals surface area (Å²) < 4.78 is 31.1. The quantitative estimate of drug-likeness (QED) is 0.859. The van der Waals surface area contributed by atoms with Crippen LogP contribution in [0.25, 0.3) is 0 Å². The minimum absolute atomic E-state index is 0.283. The van der Waals surface area contributed by atoms with Crippen molar-refractivity contribution in [2.24, 2.45) is 0 Å². The van der Waals surface area contributed by atoms with Crippen LogP contribution in [0.15, 0.2) is 23.1 Å². The van der Waals surface area contributed by atoms with E-state index in [9.17, 15) is 8.42 Å². The van der Waals surface area contributed by atoms with Gasteiger partial charge in [0.1, 0.15) is 0 Å². The Hall–Kier alpha value is -1.11. The third kappa shape index (κ3) is 3.08. The fourth-order valence-corrected chi connectivity index (χ4v) is 2.89. The first kappa shape index (κ1) is 14.3. The van der Waals surface area contributed by atoms with E-state index < -0.39 is 10.0 Å². The third-order valence-corrected chi connectivity index (χ3v) is 4.99. The number of hydrogen-bond acceptors (Lipinski definition) is 4. The molecule has 19 heavy (non-hydrogen) atoms. The molecule has 0 atom stereocenters. The van der Waals surface area contributed by atoms with Crippen LogP contribution in [0.1, 0.15) is 18.4 Å². The van der Waals surface area contributed by atoms with Crippen molar-refractivity contribution in [2.75, 3.05) is 19.5 Å². The first-order valence-electron chi connectivity index (χ1n) is 6.30. The van der Waals surface area contributed by atoms with Crippen molar-refractivity contribution in [3.63, 3.8) is 0 Å². The minimum Gasteiger partial charge on any atom is -0.382 e. The van der Waals surface area contributed by atoms with E-state index in [1.54, 1.807) is 19.2 Å². The number of anilines is 1. The van der Waals surface area contributed by atoms with Gasteiger partial charge in [-0.15, -0.1) is 0 Å². The maximum absolute atomic E-state index is 11.8. The lowest BCUT2D eigenvalue weighted by Crippen LogP contribution is -2.40. The molecular formula is C13H20N2O3S. The van der Waals surface area contributed by atoms with Crippen molar-refractivity contribution in [1.29, 1.82) is 0 Å². The smallest absolute Gasteiger partial charge is 0.240 e. The van der Waals surface area contributed by atoms with Crippen LogP contribution in [0.5, 0.6) is 0 Å². The van der Waals surface area contributed by atoms with Gasteiger partial charge in [-0.05, 0) is 44.5 Å². The monoisotopic (exact) mass is 284 g/mol. The Bertz CT molecular complexity index is 551. The van der Waals surface area contributed by atoms with Crippen LogP contribution in [-0.2, 0) is 14.8 Å². The molecule has 1 aliphatic rings. The van der Waals surface area contributed by atoms with Crippen LogP contribution in [0.3, 0.4) is 0 Å². The molecule has 1 aromatic carbocycles. The maximum Gasteiger partial charge on any atom is 0.240 e. The zero-order chi connectivity index (χ0) is 14.0. The highest BCUT2D eigenvalue weighted by molar-refractivity contribution is 7.89. The molecule has 2 rings (SSSR count). The Labute approximate surface area is 114 Å². The van der Waals surface area contributed by atoms with Crippen molar-refractivity contribution in [3.05, 3.63) is 23.8 Å². The van der Waals surface area contributed by atoms with Gasteiger partial charge >= 0.3 is 0 Å². The second-order valence-corrected chi connectivity index (χ2v) is 6.74. The van der Waals surface area contributed by atoms with Gasteiger partial charge in [0.15, 0.2) is 0 Å². The fraction of sp³-hybridized carbons (Fsp3) is 0.538. The van der Waals surface area contributed by atoms with Gasteiger partial charge in [0, 0.05) is 18.8 Å². The molecule has 1 aromatic rings. The molecule has 0 saturated heterocycles. The van der Waals surface area contributed by atoms with Crippen LogP contribution in [0.2, 0.25) is 0 Å². The van der Waals surface area contributed by atoms with Crippen LogP contribution in [0, 0.1) is 6.92 Å². The third-order valence-electron chi connectivity index (χ3n) is 3.58. The molecule has 0 aliphatic heterocycles. The molecule has 5 nitrogen and oxygen atoms in total. The van der Waals surface area contributed by atoms with Crippen LogP contribution >= 0.6 is 0 Å². The van der Waals surface area contributed by atoms with E-state index in [0.29, 0.717) is 12.1 Å². The average molecular weight is 284 g/mol. The molecule has 1 fully saturated rings. The van der Waals surface area contributed by atoms with Gasteiger partial charge in [0.05, 0.1) is 11.0 Å². The second-order valence-electron chi connectivity index (χ2n) is 4.85. The molecule has 0 aromatic heterocycles. The largest absolute Gasteiger partial charge is 0.382 e. The molecule has 106 valence electrons. The number of benzene rings is 1. The van der Waals surface area contributed by atoms with Crippen molar-refractivity contribution >= 4 is 15.7 Å². The normalized spacial score (nSPS) is 22.9. The topological polar surface area (TPSA) is 67.4 Å². The van der Waals surface area contributed by atoms with Crippen molar-refractivity contribution in [1.82, 2.24) is 4.72 Å². The number of methoxy groups -OCH3 is 1. The number of aryl methyl sites for hydroxylation is 1. The van der Waals surface area contributed by atoms with Gasteiger partial charge in [-0.1, -0.05) is 6.07 Å². The standard InChI is InChI=1S/C13H20N2O3S/c1-9-4-5-12(19(16,17)14-2)8-13(9)15-10-6-11(7-10)18-3/h4-5,8,10-11,14-15H,6-7H2,1-3H3. The number of hydrogen-bond donors (Lipinski definition) is 2. The van der Waals surface area contributed by atoms with Crippen molar-refractivity contribution in [3.8, 4) is 0 Å². The molecule has 0 bridgehead atoms. The van der Waals surface area contributed by atoms with E-state index in [1.807, 2.05) is 13.0 Å². The minimum atomic E-state index is -3.39. The zero-order valence-electron chi connectivity index (χ0n) is 11.4. The first-order chi connectivity index (χ1) is 8.96. The molecule has 0 radical (unpaired) electrons. The lowest BCUT2D eigenvalue weighted by molar-refractivity contribution is 0.0328. The van der Waals surface area contributed by atoms with Gasteiger partial charge < -0.3 is 10.1 Å². The summed E-state index contributed by atoms with van der Waals surface area (Å²) in [4.78, 5) is 0.283. The highest BCUT2D eigenvalue weighted by Crippen LogP contribution is 2.28. The van der Waals surface area contributed by atoms with Gasteiger partial charge in [-0.2, -0.15) is 0 Å². The van der Waals surface area contributed by atoms with Gasteiger partial charge in [-0.25, -0.2) is 13.1 Å². The Morgan fingerprint density at radius 1 is 1.32 bits per heavy atom. The molecule has 6 heteroatoms. The molecule has 0 heterocycles. The van der Waals surface area contributed by atoms with Crippen molar-refractivity contribution < 1.29 is 13.2 Å². The Balaban J connectivity index is 2.15. The van der Waals surface area contributed by atoms with E-state index in [1.165, 1.54) is 7.05 Å². The molecule has 1 saturated carbocycles. The summed E-state index contributed by atoms with van der Waals surface area (Å²) in [5.74, 6) is 0. The molecular weight excluding hydrogens is 264 g/mol. The summed E-state index contributed by atoms with van der Waals surface area (Å²) in [6.07, 6.45) is 2.24. The van der Waals surface area contributed by atoms with E-state index in [-0.39, 0.29) is 4.90 Å². The SMILES string of the molecule is CNS(=O)(=O)c1ccc(C)c(NC2CC(OC)C2)c1. The molecule has 0 unspecified atom stereocenters. The summed E-state index contributed by atoms with van der Waals surface area (Å²) in [7, 11) is -0.263. The van der Waals surface area contributed by atoms with E-state index in [0.717, 1.165) is 24.1 Å². The van der Waals surface area contributed by atoms with Crippen LogP contribution in [-0.4, -0.2) is 34.7 Å². The first-order valence-corrected chi connectivity index (χ1v) is 7.78. The van der Waals surface area contributed by atoms with E-state index in [2.05, 4.69) is 10.0 Å². The number of rotatable bonds is 5. The maximum atomic E-state index is 11.8. The number of sulfonamides is 1. The summed E-state index contributed by atoms with van der Waals surface area (Å²) in [6.45, 7) is 1.96. The predicted molar refractivity (Wildman–Crippen MR) is 74.9 cm³/mol. The number of ether oxygens (including phenoxy) is 1. The fourth-order valence-electron chi connectivity index (χ4n) is 2.14. The second kappa shape index (κ2) is 5.48. The summed E-state index contributed by atoms with van der Waals surface area (Å²) in [5, 5.41) is 3.38. The molecule has 2 N–H and O–H groups in total. The lowest BCUT2D eigenvalue weighted by atomic mass is 9.89. The zero-order valence-corrected chi connectivity index (χ0v) is 12.3. The Kier molecular flexibility index (Phi) is 4.13. The predicted octanol–water partition coefficient (Wildman–Crippen LogP) is 1.49. The summed E-state index contributed by atoms with van der Waals surface area (Å²) >= 11 is 0. The summed E-state index contributed by atoms with van der Waals surface area (Å²) in [6, 6.07) is 5.47. The average Bonchev–Trinajstić information content (AvgIpc) is 2.35. The Morgan fingerprint density at radius 3 is 2.58 bits per heavy atom. The van der Waals surface area contributed by atoms with Crippen molar-refractivity contribution in [2.45, 2.75) is 36.8 Å². The van der Waals surface area contributed by atoms with E-state index >= 15 is 0 Å². The molecule has 1 aliphatic carbocycles. The van der Waals surface area contributed by atoms with Gasteiger partial charge in [0.25, 0.3) is 0 Å². The van der Waals surface area contributed by atoms with Gasteiger partial charge in [0.2, 0.25) is 10.0 Å². The number of nitrogens with one attached hydrogen (secondary N) is 2. The van der Waals surface area contributed by atoms with Crippen LogP contribution < -0.4 is 10.0 Å². The highest BCUT2D eigenvalue weighted by Gasteiger charge is 2.29. The Morgan fingerprint density at radius 2 is 2.00 bits per heavy atom. The molecule has 0 amide bonds. The summed E-state index contributed by atoms with van der Waals surface area (Å²) in [5.41, 5.74) is 1.91. The van der Waals surface area contributed by atoms with E-state index in [4.69, 9.17) is 4.74 Å². The highest BCUT2D eigenvalue weighted by atomic mass is 32.2.